The third-order valence-corrected chi connectivity index (χ3v) is 4.47. The standard InChI is InChI=1S/C23H26N2O4/c1-5-8-12-29-20-10-9-17(14-21(20)28-7-3)13-18-16(4)19(15-24)23(27)25(11-6-2)22(18)26/h6,9-10,13-14H,2,5,7-8,11-12H2,1,3-4H3/b18-13+. The lowest BCUT2D eigenvalue weighted by molar-refractivity contribution is -0.139. The Morgan fingerprint density at radius 3 is 2.55 bits per heavy atom. The molecule has 0 bridgehead atoms. The monoisotopic (exact) mass is 394 g/mol. The zero-order chi connectivity index (χ0) is 21.4. The molecule has 29 heavy (non-hydrogen) atoms. The van der Waals surface area contributed by atoms with Gasteiger partial charge in [-0.1, -0.05) is 25.5 Å². The number of unbranched alkanes of at least 4 members (excludes halogenated alkanes) is 1. The van der Waals surface area contributed by atoms with E-state index in [4.69, 9.17) is 9.47 Å². The van der Waals surface area contributed by atoms with Gasteiger partial charge in [-0.25, -0.2) is 0 Å². The van der Waals surface area contributed by atoms with E-state index in [9.17, 15) is 14.9 Å². The fourth-order valence-electron chi connectivity index (χ4n) is 2.92. The highest BCUT2D eigenvalue weighted by molar-refractivity contribution is 6.19. The molecule has 1 aliphatic heterocycles. The van der Waals surface area contributed by atoms with Crippen LogP contribution < -0.4 is 9.47 Å². The molecule has 2 rings (SSSR count). The van der Waals surface area contributed by atoms with Crippen LogP contribution >= 0.6 is 0 Å². The van der Waals surface area contributed by atoms with Crippen LogP contribution in [0.25, 0.3) is 6.08 Å². The molecule has 0 atom stereocenters. The van der Waals surface area contributed by atoms with E-state index in [-0.39, 0.29) is 12.1 Å². The van der Waals surface area contributed by atoms with Crippen molar-refractivity contribution >= 4 is 17.9 Å². The van der Waals surface area contributed by atoms with Gasteiger partial charge < -0.3 is 9.47 Å². The lowest BCUT2D eigenvalue weighted by atomic mass is 9.93. The van der Waals surface area contributed by atoms with Crippen LogP contribution in [0.15, 0.2) is 47.6 Å². The van der Waals surface area contributed by atoms with Gasteiger partial charge in [-0.3, -0.25) is 14.5 Å². The van der Waals surface area contributed by atoms with E-state index < -0.39 is 11.8 Å². The number of carbonyl (C=O) groups excluding carboxylic acids is 2. The van der Waals surface area contributed by atoms with Crippen molar-refractivity contribution in [1.29, 1.82) is 5.26 Å². The summed E-state index contributed by atoms with van der Waals surface area (Å²) in [6.07, 6.45) is 5.09. The van der Waals surface area contributed by atoms with Crippen molar-refractivity contribution in [3.05, 3.63) is 53.1 Å². The van der Waals surface area contributed by atoms with E-state index in [0.29, 0.717) is 41.4 Å². The second-order valence-electron chi connectivity index (χ2n) is 6.52. The Hall–Kier alpha value is -3.33. The molecule has 152 valence electrons. The molecular formula is C23H26N2O4. The van der Waals surface area contributed by atoms with Crippen molar-refractivity contribution in [2.75, 3.05) is 19.8 Å². The number of rotatable bonds is 9. The van der Waals surface area contributed by atoms with E-state index in [1.165, 1.54) is 6.08 Å². The number of hydrogen-bond acceptors (Lipinski definition) is 5. The van der Waals surface area contributed by atoms with Crippen LogP contribution in [0.4, 0.5) is 0 Å². The van der Waals surface area contributed by atoms with E-state index in [1.807, 2.05) is 19.1 Å². The van der Waals surface area contributed by atoms with Crippen LogP contribution in [0.2, 0.25) is 0 Å². The molecule has 6 heteroatoms. The van der Waals surface area contributed by atoms with Crippen molar-refractivity contribution in [2.24, 2.45) is 0 Å². The Morgan fingerprint density at radius 1 is 1.17 bits per heavy atom. The first kappa shape index (κ1) is 22.0. The van der Waals surface area contributed by atoms with Gasteiger partial charge in [0.1, 0.15) is 11.6 Å². The molecule has 0 spiro atoms. The van der Waals surface area contributed by atoms with Crippen molar-refractivity contribution in [2.45, 2.75) is 33.6 Å². The molecule has 0 unspecified atom stereocenters. The van der Waals surface area contributed by atoms with E-state index in [0.717, 1.165) is 17.7 Å². The van der Waals surface area contributed by atoms with Crippen molar-refractivity contribution in [3.63, 3.8) is 0 Å². The third-order valence-electron chi connectivity index (χ3n) is 4.47. The molecule has 1 aromatic carbocycles. The molecule has 0 aliphatic carbocycles. The fourth-order valence-corrected chi connectivity index (χ4v) is 2.92. The van der Waals surface area contributed by atoms with Crippen LogP contribution in [-0.4, -0.2) is 36.5 Å². The van der Waals surface area contributed by atoms with Gasteiger partial charge in [0, 0.05) is 12.1 Å². The molecule has 1 aliphatic rings. The van der Waals surface area contributed by atoms with E-state index >= 15 is 0 Å². The molecule has 0 fully saturated rings. The molecule has 1 aromatic rings. The van der Waals surface area contributed by atoms with Crippen LogP contribution in [0.5, 0.6) is 11.5 Å². The quantitative estimate of drug-likeness (QED) is 0.273. The second kappa shape index (κ2) is 10.3. The van der Waals surface area contributed by atoms with Crippen LogP contribution in [0, 0.1) is 11.3 Å². The Balaban J connectivity index is 2.47. The Labute approximate surface area is 171 Å². The lowest BCUT2D eigenvalue weighted by Crippen LogP contribution is -2.42. The Morgan fingerprint density at radius 2 is 1.93 bits per heavy atom. The summed E-state index contributed by atoms with van der Waals surface area (Å²) in [6, 6.07) is 7.32. The number of nitriles is 1. The largest absolute Gasteiger partial charge is 0.490 e. The first-order valence-corrected chi connectivity index (χ1v) is 9.68. The van der Waals surface area contributed by atoms with Gasteiger partial charge in [0.2, 0.25) is 0 Å². The van der Waals surface area contributed by atoms with Gasteiger partial charge in [0.05, 0.1) is 13.2 Å². The normalized spacial score (nSPS) is 15.5. The Bertz CT molecular complexity index is 906. The highest BCUT2D eigenvalue weighted by atomic mass is 16.5. The number of hydrogen-bond donors (Lipinski definition) is 0. The maximum absolute atomic E-state index is 12.8. The minimum Gasteiger partial charge on any atom is -0.490 e. The predicted octanol–water partition coefficient (Wildman–Crippen LogP) is 4.04. The molecule has 0 N–H and O–H groups in total. The number of amides is 2. The van der Waals surface area contributed by atoms with Gasteiger partial charge >= 0.3 is 0 Å². The first-order chi connectivity index (χ1) is 14.0. The average Bonchev–Trinajstić information content (AvgIpc) is 2.71. The van der Waals surface area contributed by atoms with E-state index in [2.05, 4.69) is 13.5 Å². The second-order valence-corrected chi connectivity index (χ2v) is 6.52. The van der Waals surface area contributed by atoms with Crippen molar-refractivity contribution in [3.8, 4) is 17.6 Å². The molecular weight excluding hydrogens is 368 g/mol. The zero-order valence-electron chi connectivity index (χ0n) is 17.2. The molecule has 6 nitrogen and oxygen atoms in total. The van der Waals surface area contributed by atoms with Crippen molar-refractivity contribution in [1.82, 2.24) is 4.90 Å². The maximum atomic E-state index is 12.8. The topological polar surface area (TPSA) is 79.6 Å². The first-order valence-electron chi connectivity index (χ1n) is 9.68. The highest BCUT2D eigenvalue weighted by Crippen LogP contribution is 2.32. The summed E-state index contributed by atoms with van der Waals surface area (Å²) in [4.78, 5) is 26.3. The molecule has 1 heterocycles. The van der Waals surface area contributed by atoms with Gasteiger partial charge in [0.25, 0.3) is 11.8 Å². The summed E-state index contributed by atoms with van der Waals surface area (Å²) in [5.74, 6) is 0.183. The zero-order valence-corrected chi connectivity index (χ0v) is 17.2. The highest BCUT2D eigenvalue weighted by Gasteiger charge is 2.34. The fraction of sp³-hybridized carbons (Fsp3) is 0.348. The lowest BCUT2D eigenvalue weighted by Gasteiger charge is -2.26. The molecule has 0 aromatic heterocycles. The van der Waals surface area contributed by atoms with Gasteiger partial charge in [0.15, 0.2) is 11.5 Å². The number of imide groups is 1. The van der Waals surface area contributed by atoms with Crippen LogP contribution in [-0.2, 0) is 9.59 Å². The molecule has 0 saturated heterocycles. The number of nitrogens with zero attached hydrogens (tertiary/aromatic N) is 2. The summed E-state index contributed by atoms with van der Waals surface area (Å²) >= 11 is 0. The summed E-state index contributed by atoms with van der Waals surface area (Å²) in [7, 11) is 0. The molecule has 0 radical (unpaired) electrons. The van der Waals surface area contributed by atoms with Gasteiger partial charge in [-0.15, -0.1) is 6.58 Å². The smallest absolute Gasteiger partial charge is 0.271 e. The predicted molar refractivity (Wildman–Crippen MR) is 111 cm³/mol. The van der Waals surface area contributed by atoms with Crippen LogP contribution in [0.1, 0.15) is 39.2 Å². The minimum atomic E-state index is -0.596. The number of benzene rings is 1. The number of ether oxygens (including phenoxy) is 2. The van der Waals surface area contributed by atoms with E-state index in [1.54, 1.807) is 25.1 Å². The summed E-state index contributed by atoms with van der Waals surface area (Å²) in [6.45, 7) is 10.3. The van der Waals surface area contributed by atoms with Crippen LogP contribution in [0.3, 0.4) is 0 Å². The van der Waals surface area contributed by atoms with Crippen molar-refractivity contribution < 1.29 is 19.1 Å². The summed E-state index contributed by atoms with van der Waals surface area (Å²) in [5, 5.41) is 9.38. The summed E-state index contributed by atoms with van der Waals surface area (Å²) < 4.78 is 11.5. The maximum Gasteiger partial charge on any atom is 0.271 e. The average molecular weight is 394 g/mol. The van der Waals surface area contributed by atoms with Gasteiger partial charge in [-0.2, -0.15) is 5.26 Å². The van der Waals surface area contributed by atoms with Gasteiger partial charge in [-0.05, 0) is 49.6 Å². The summed E-state index contributed by atoms with van der Waals surface area (Å²) in [5.41, 5.74) is 1.33. The molecule has 0 saturated carbocycles. The SMILES string of the molecule is C=CCN1C(=O)C(C#N)=C(C)/C(=C\c2ccc(OCCCC)c(OCC)c2)C1=O. The number of carbonyl (C=O) groups is 2. The third kappa shape index (κ3) is 4.94. The Kier molecular flexibility index (Phi) is 7.79. The minimum absolute atomic E-state index is 0.0396. The molecule has 2 amide bonds.